The van der Waals surface area contributed by atoms with Gasteiger partial charge in [-0.05, 0) is 68.5 Å². The maximum absolute atomic E-state index is 6.22. The zero-order valence-electron chi connectivity index (χ0n) is 28.0. The zero-order chi connectivity index (χ0) is 33.3. The first-order valence-electron chi connectivity index (χ1n) is 16.9. The fraction of sp³-hybridized carbons (Fsp3) is 0.133. The van der Waals surface area contributed by atoms with E-state index in [2.05, 4.69) is 107 Å². The minimum atomic E-state index is -0.0731. The molecule has 0 fully saturated rings. The summed E-state index contributed by atoms with van der Waals surface area (Å²) >= 11 is 0. The van der Waals surface area contributed by atoms with Crippen LogP contribution in [0.4, 0.5) is 0 Å². The lowest BCUT2D eigenvalue weighted by atomic mass is 9.55. The molecule has 49 heavy (non-hydrogen) atoms. The van der Waals surface area contributed by atoms with Gasteiger partial charge in [0.2, 0.25) is 0 Å². The highest BCUT2D eigenvalue weighted by Crippen LogP contribution is 2.54. The molecule has 9 rings (SSSR count). The molecule has 2 heterocycles. The lowest BCUT2D eigenvalue weighted by Crippen LogP contribution is -2.43. The van der Waals surface area contributed by atoms with E-state index in [-0.39, 0.29) is 10.8 Å². The topological polar surface area (TPSA) is 51.8 Å². The lowest BCUT2D eigenvalue weighted by Gasteiger charge is -2.48. The van der Waals surface area contributed by atoms with Gasteiger partial charge in [0.1, 0.15) is 11.2 Å². The van der Waals surface area contributed by atoms with Gasteiger partial charge in [0.15, 0.2) is 17.5 Å². The van der Waals surface area contributed by atoms with E-state index in [0.717, 1.165) is 44.2 Å². The molecule has 0 N–H and O–H groups in total. The zero-order valence-corrected chi connectivity index (χ0v) is 28.0. The Morgan fingerprint density at radius 2 is 0.980 bits per heavy atom. The number of aromatic nitrogens is 3. The summed E-state index contributed by atoms with van der Waals surface area (Å²) in [5.74, 6) is 1.87. The van der Waals surface area contributed by atoms with E-state index >= 15 is 0 Å². The Bertz CT molecular complexity index is 2560. The summed E-state index contributed by atoms with van der Waals surface area (Å²) in [5.41, 5.74) is 12.1. The summed E-state index contributed by atoms with van der Waals surface area (Å²) in [6.45, 7) is 9.50. The molecule has 0 amide bonds. The molecule has 0 saturated heterocycles. The van der Waals surface area contributed by atoms with E-state index in [0.29, 0.717) is 17.5 Å². The molecular weight excluding hydrogens is 599 g/mol. The molecule has 0 unspecified atom stereocenters. The Hall–Kier alpha value is -5.87. The van der Waals surface area contributed by atoms with E-state index in [1.165, 1.54) is 27.8 Å². The minimum absolute atomic E-state index is 0.0324. The molecule has 4 heteroatoms. The standard InChI is InChI=1S/C45H35N3O/c1-44(2)36-21-10-8-18-32(36)33-25-24-30(27-37(33)45(44,3)4)29-16-12-17-31(26-29)42-46-41(28-14-6-5-7-15-28)47-43(48-42)35-20-13-23-39-40(35)34-19-9-11-22-38(34)49-39/h5-27H,1-4H3. The number of benzene rings is 6. The van der Waals surface area contributed by atoms with Gasteiger partial charge in [-0.25, -0.2) is 15.0 Å². The van der Waals surface area contributed by atoms with Gasteiger partial charge in [0.25, 0.3) is 0 Å². The van der Waals surface area contributed by atoms with Gasteiger partial charge >= 0.3 is 0 Å². The van der Waals surface area contributed by atoms with Gasteiger partial charge in [-0.1, -0.05) is 143 Å². The van der Waals surface area contributed by atoms with Crippen LogP contribution < -0.4 is 0 Å². The summed E-state index contributed by atoms with van der Waals surface area (Å²) in [6, 6.07) is 48.7. The van der Waals surface area contributed by atoms with E-state index in [4.69, 9.17) is 19.4 Å². The second-order valence-corrected chi connectivity index (χ2v) is 14.1. The van der Waals surface area contributed by atoms with Crippen molar-refractivity contribution in [2.45, 2.75) is 38.5 Å². The monoisotopic (exact) mass is 633 g/mol. The molecule has 0 radical (unpaired) electrons. The Kier molecular flexibility index (Phi) is 6.47. The molecule has 4 nitrogen and oxygen atoms in total. The van der Waals surface area contributed by atoms with Crippen LogP contribution in [0.5, 0.6) is 0 Å². The molecule has 1 aliphatic rings. The molecule has 2 aromatic heterocycles. The van der Waals surface area contributed by atoms with Crippen molar-refractivity contribution in [3.63, 3.8) is 0 Å². The highest BCUT2D eigenvalue weighted by Gasteiger charge is 2.45. The van der Waals surface area contributed by atoms with Crippen LogP contribution in [0, 0.1) is 0 Å². The summed E-state index contributed by atoms with van der Waals surface area (Å²) in [6.07, 6.45) is 0. The number of fused-ring (bicyclic) bond motifs is 6. The van der Waals surface area contributed by atoms with Crippen LogP contribution >= 0.6 is 0 Å². The Balaban J connectivity index is 1.21. The van der Waals surface area contributed by atoms with Crippen LogP contribution in [-0.2, 0) is 10.8 Å². The molecule has 0 spiro atoms. The van der Waals surface area contributed by atoms with Crippen molar-refractivity contribution in [1.82, 2.24) is 15.0 Å². The van der Waals surface area contributed by atoms with Crippen LogP contribution in [-0.4, -0.2) is 15.0 Å². The molecule has 0 aliphatic heterocycles. The predicted octanol–water partition coefficient (Wildman–Crippen LogP) is 11.7. The van der Waals surface area contributed by atoms with Gasteiger partial charge in [0.05, 0.1) is 0 Å². The van der Waals surface area contributed by atoms with Crippen molar-refractivity contribution in [3.05, 3.63) is 151 Å². The molecule has 0 bridgehead atoms. The number of hydrogen-bond acceptors (Lipinski definition) is 4. The van der Waals surface area contributed by atoms with Crippen LogP contribution in [0.1, 0.15) is 38.8 Å². The van der Waals surface area contributed by atoms with Crippen molar-refractivity contribution in [2.24, 2.45) is 0 Å². The van der Waals surface area contributed by atoms with Gasteiger partial charge < -0.3 is 4.42 Å². The molecular formula is C45H35N3O. The SMILES string of the molecule is CC1(C)c2ccccc2-c2ccc(-c3cccc(-c4nc(-c5ccccc5)nc(-c5cccc6oc7ccccc7c56)n4)c3)cc2C1(C)C. The van der Waals surface area contributed by atoms with Gasteiger partial charge in [-0.15, -0.1) is 0 Å². The minimum Gasteiger partial charge on any atom is -0.456 e. The highest BCUT2D eigenvalue weighted by atomic mass is 16.3. The lowest BCUT2D eigenvalue weighted by molar-refractivity contribution is 0.299. The molecule has 236 valence electrons. The molecule has 0 saturated carbocycles. The second-order valence-electron chi connectivity index (χ2n) is 14.1. The van der Waals surface area contributed by atoms with Crippen molar-refractivity contribution in [2.75, 3.05) is 0 Å². The Morgan fingerprint density at radius 1 is 0.408 bits per heavy atom. The van der Waals surface area contributed by atoms with Gasteiger partial charge in [0, 0.05) is 27.5 Å². The van der Waals surface area contributed by atoms with Gasteiger partial charge in [-0.2, -0.15) is 0 Å². The van der Waals surface area contributed by atoms with Gasteiger partial charge in [-0.3, -0.25) is 0 Å². The van der Waals surface area contributed by atoms with E-state index < -0.39 is 0 Å². The highest BCUT2D eigenvalue weighted by molar-refractivity contribution is 6.11. The van der Waals surface area contributed by atoms with E-state index in [1.807, 2.05) is 60.7 Å². The third kappa shape index (κ3) is 4.55. The fourth-order valence-corrected chi connectivity index (χ4v) is 7.55. The molecule has 1 aliphatic carbocycles. The van der Waals surface area contributed by atoms with Crippen LogP contribution in [0.25, 0.3) is 78.4 Å². The van der Waals surface area contributed by atoms with Crippen LogP contribution in [0.3, 0.4) is 0 Å². The third-order valence-electron chi connectivity index (χ3n) is 10.9. The predicted molar refractivity (Wildman–Crippen MR) is 200 cm³/mol. The maximum atomic E-state index is 6.22. The maximum Gasteiger partial charge on any atom is 0.164 e. The van der Waals surface area contributed by atoms with E-state index in [1.54, 1.807) is 0 Å². The fourth-order valence-electron chi connectivity index (χ4n) is 7.55. The van der Waals surface area contributed by atoms with Crippen molar-refractivity contribution < 1.29 is 4.42 Å². The number of para-hydroxylation sites is 1. The number of nitrogens with zero attached hydrogens (tertiary/aromatic N) is 3. The molecule has 0 atom stereocenters. The molecule has 6 aromatic carbocycles. The summed E-state index contributed by atoms with van der Waals surface area (Å²) < 4.78 is 6.22. The first-order valence-corrected chi connectivity index (χ1v) is 16.9. The van der Waals surface area contributed by atoms with Crippen LogP contribution in [0.2, 0.25) is 0 Å². The largest absolute Gasteiger partial charge is 0.456 e. The third-order valence-corrected chi connectivity index (χ3v) is 10.9. The molecule has 8 aromatic rings. The Labute approximate surface area is 286 Å². The first-order chi connectivity index (χ1) is 23.8. The average molecular weight is 634 g/mol. The number of hydrogen-bond donors (Lipinski definition) is 0. The first kappa shape index (κ1) is 29.3. The average Bonchev–Trinajstić information content (AvgIpc) is 3.53. The summed E-state index contributed by atoms with van der Waals surface area (Å²) in [7, 11) is 0. The van der Waals surface area contributed by atoms with Crippen molar-refractivity contribution in [1.29, 1.82) is 0 Å². The summed E-state index contributed by atoms with van der Waals surface area (Å²) in [4.78, 5) is 15.2. The van der Waals surface area contributed by atoms with Crippen molar-refractivity contribution in [3.8, 4) is 56.4 Å². The number of furan rings is 1. The smallest absolute Gasteiger partial charge is 0.164 e. The quantitative estimate of drug-likeness (QED) is 0.193. The summed E-state index contributed by atoms with van der Waals surface area (Å²) in [5, 5.41) is 2.05. The van der Waals surface area contributed by atoms with Crippen molar-refractivity contribution >= 4 is 21.9 Å². The number of rotatable bonds is 4. The second kappa shape index (κ2) is 10.8. The van der Waals surface area contributed by atoms with Crippen LogP contribution in [0.15, 0.2) is 144 Å². The van der Waals surface area contributed by atoms with E-state index in [9.17, 15) is 0 Å². The Morgan fingerprint density at radius 3 is 1.84 bits per heavy atom. The normalized spacial score (nSPS) is 14.4.